The molecular formula is C14H17N3OS. The molecule has 0 aliphatic heterocycles. The number of anilines is 1. The van der Waals surface area contributed by atoms with Crippen molar-refractivity contribution in [2.75, 3.05) is 11.6 Å². The van der Waals surface area contributed by atoms with Gasteiger partial charge in [0.05, 0.1) is 16.9 Å². The zero-order chi connectivity index (χ0) is 13.8. The fourth-order valence-electron chi connectivity index (χ4n) is 1.84. The Morgan fingerprint density at radius 2 is 2.16 bits per heavy atom. The third kappa shape index (κ3) is 2.98. The number of thioether (sulfide) groups is 1. The Balaban J connectivity index is 2.23. The van der Waals surface area contributed by atoms with Gasteiger partial charge in [-0.05, 0) is 32.2 Å². The summed E-state index contributed by atoms with van der Waals surface area (Å²) in [6.45, 7) is 4.61. The molecule has 1 amide bonds. The second-order valence-corrected chi connectivity index (χ2v) is 4.99. The highest BCUT2D eigenvalue weighted by molar-refractivity contribution is 7.98. The summed E-state index contributed by atoms with van der Waals surface area (Å²) in [5, 5.41) is 7.23. The first kappa shape index (κ1) is 13.7. The Labute approximate surface area is 117 Å². The molecule has 4 nitrogen and oxygen atoms in total. The summed E-state index contributed by atoms with van der Waals surface area (Å²) in [5.41, 5.74) is 2.21. The van der Waals surface area contributed by atoms with E-state index in [-0.39, 0.29) is 5.91 Å². The molecule has 0 saturated carbocycles. The zero-order valence-electron chi connectivity index (χ0n) is 11.3. The summed E-state index contributed by atoms with van der Waals surface area (Å²) in [7, 11) is 0. The fraction of sp³-hybridized carbons (Fsp3) is 0.286. The fourth-order valence-corrected chi connectivity index (χ4v) is 2.39. The van der Waals surface area contributed by atoms with Gasteiger partial charge in [0.1, 0.15) is 0 Å². The molecule has 0 radical (unpaired) electrons. The Morgan fingerprint density at radius 1 is 1.42 bits per heavy atom. The van der Waals surface area contributed by atoms with Crippen molar-refractivity contribution in [1.82, 2.24) is 9.78 Å². The van der Waals surface area contributed by atoms with Crippen molar-refractivity contribution in [3.05, 3.63) is 41.7 Å². The lowest BCUT2D eigenvalue weighted by molar-refractivity contribution is 0.102. The van der Waals surface area contributed by atoms with Crippen LogP contribution in [0.3, 0.4) is 0 Å². The smallest absolute Gasteiger partial charge is 0.259 e. The third-order valence-electron chi connectivity index (χ3n) is 2.87. The molecule has 1 aromatic heterocycles. The molecule has 0 fully saturated rings. The van der Waals surface area contributed by atoms with Crippen LogP contribution in [0, 0.1) is 6.92 Å². The number of amides is 1. The van der Waals surface area contributed by atoms with Crippen molar-refractivity contribution in [3.63, 3.8) is 0 Å². The maximum atomic E-state index is 12.3. The lowest BCUT2D eigenvalue weighted by Gasteiger charge is -2.08. The Bertz CT molecular complexity index is 592. The number of para-hydroxylation sites is 1. The quantitative estimate of drug-likeness (QED) is 0.872. The molecule has 2 aromatic rings. The van der Waals surface area contributed by atoms with Gasteiger partial charge in [-0.2, -0.15) is 5.10 Å². The van der Waals surface area contributed by atoms with Gasteiger partial charge >= 0.3 is 0 Å². The van der Waals surface area contributed by atoms with Crippen LogP contribution in [0.15, 0.2) is 35.4 Å². The molecule has 1 aromatic carbocycles. The van der Waals surface area contributed by atoms with Gasteiger partial charge in [-0.1, -0.05) is 12.1 Å². The maximum absolute atomic E-state index is 12.3. The number of hydrogen-bond donors (Lipinski definition) is 1. The molecule has 100 valence electrons. The van der Waals surface area contributed by atoms with E-state index in [2.05, 4.69) is 10.4 Å². The first-order valence-electron chi connectivity index (χ1n) is 6.14. The van der Waals surface area contributed by atoms with Crippen molar-refractivity contribution >= 4 is 23.4 Å². The number of rotatable bonds is 4. The number of carbonyl (C=O) groups excluding carboxylic acids is 1. The van der Waals surface area contributed by atoms with Gasteiger partial charge in [0, 0.05) is 17.6 Å². The van der Waals surface area contributed by atoms with Crippen LogP contribution in [-0.2, 0) is 6.54 Å². The third-order valence-corrected chi connectivity index (χ3v) is 3.67. The van der Waals surface area contributed by atoms with Crippen molar-refractivity contribution in [2.24, 2.45) is 0 Å². The average Bonchev–Trinajstić information content (AvgIpc) is 2.80. The van der Waals surface area contributed by atoms with E-state index in [1.807, 2.05) is 44.4 Å². The monoisotopic (exact) mass is 275 g/mol. The van der Waals surface area contributed by atoms with Crippen molar-refractivity contribution in [3.8, 4) is 0 Å². The van der Waals surface area contributed by atoms with E-state index in [1.54, 1.807) is 22.6 Å². The minimum absolute atomic E-state index is 0.112. The lowest BCUT2D eigenvalue weighted by atomic mass is 10.2. The standard InChI is InChI=1S/C14H17N3OS/c1-4-17-9-11(10(2)16-17)14(18)15-12-7-5-6-8-13(12)19-3/h5-9H,4H2,1-3H3,(H,15,18). The molecule has 19 heavy (non-hydrogen) atoms. The molecule has 0 saturated heterocycles. The summed E-state index contributed by atoms with van der Waals surface area (Å²) < 4.78 is 1.77. The predicted molar refractivity (Wildman–Crippen MR) is 78.8 cm³/mol. The van der Waals surface area contributed by atoms with Crippen LogP contribution in [0.1, 0.15) is 23.0 Å². The number of nitrogens with zero attached hydrogens (tertiary/aromatic N) is 2. The molecule has 0 bridgehead atoms. The highest BCUT2D eigenvalue weighted by Gasteiger charge is 2.14. The van der Waals surface area contributed by atoms with Crippen LogP contribution in [0.2, 0.25) is 0 Å². The van der Waals surface area contributed by atoms with E-state index in [0.717, 1.165) is 22.8 Å². The number of aromatic nitrogens is 2. The van der Waals surface area contributed by atoms with Crippen molar-refractivity contribution in [2.45, 2.75) is 25.3 Å². The Morgan fingerprint density at radius 3 is 2.79 bits per heavy atom. The van der Waals surface area contributed by atoms with Gasteiger partial charge in [-0.25, -0.2) is 0 Å². The van der Waals surface area contributed by atoms with Gasteiger partial charge in [0.2, 0.25) is 0 Å². The Hall–Kier alpha value is -1.75. The first-order valence-corrected chi connectivity index (χ1v) is 7.36. The van der Waals surface area contributed by atoms with Crippen LogP contribution in [0.5, 0.6) is 0 Å². The van der Waals surface area contributed by atoms with E-state index in [0.29, 0.717) is 5.56 Å². The highest BCUT2D eigenvalue weighted by Crippen LogP contribution is 2.25. The van der Waals surface area contributed by atoms with Crippen molar-refractivity contribution < 1.29 is 4.79 Å². The van der Waals surface area contributed by atoms with Gasteiger partial charge in [-0.3, -0.25) is 9.48 Å². The average molecular weight is 275 g/mol. The molecular weight excluding hydrogens is 258 g/mol. The van der Waals surface area contributed by atoms with Crippen LogP contribution in [-0.4, -0.2) is 21.9 Å². The SMILES string of the molecule is CCn1cc(C(=O)Nc2ccccc2SC)c(C)n1. The summed E-state index contributed by atoms with van der Waals surface area (Å²) in [6, 6.07) is 7.77. The molecule has 0 atom stereocenters. The molecule has 0 spiro atoms. The molecule has 5 heteroatoms. The van der Waals surface area contributed by atoms with Crippen LogP contribution < -0.4 is 5.32 Å². The molecule has 0 aliphatic carbocycles. The zero-order valence-corrected chi connectivity index (χ0v) is 12.1. The summed E-state index contributed by atoms with van der Waals surface area (Å²) in [5.74, 6) is -0.112. The first-order chi connectivity index (χ1) is 9.15. The number of aryl methyl sites for hydroxylation is 2. The topological polar surface area (TPSA) is 46.9 Å². The van der Waals surface area contributed by atoms with E-state index >= 15 is 0 Å². The van der Waals surface area contributed by atoms with E-state index in [1.165, 1.54) is 0 Å². The number of benzene rings is 1. The second kappa shape index (κ2) is 5.93. The van der Waals surface area contributed by atoms with E-state index in [4.69, 9.17) is 0 Å². The summed E-state index contributed by atoms with van der Waals surface area (Å²) in [4.78, 5) is 13.3. The number of nitrogens with one attached hydrogen (secondary N) is 1. The van der Waals surface area contributed by atoms with Gasteiger partial charge < -0.3 is 5.32 Å². The molecule has 2 rings (SSSR count). The van der Waals surface area contributed by atoms with Gasteiger partial charge in [-0.15, -0.1) is 11.8 Å². The molecule has 1 N–H and O–H groups in total. The number of carbonyl (C=O) groups is 1. The molecule has 1 heterocycles. The minimum atomic E-state index is -0.112. The van der Waals surface area contributed by atoms with Crippen LogP contribution in [0.4, 0.5) is 5.69 Å². The number of hydrogen-bond acceptors (Lipinski definition) is 3. The summed E-state index contributed by atoms with van der Waals surface area (Å²) >= 11 is 1.61. The minimum Gasteiger partial charge on any atom is -0.321 e. The van der Waals surface area contributed by atoms with Gasteiger partial charge in [0.15, 0.2) is 0 Å². The molecule has 0 unspecified atom stereocenters. The maximum Gasteiger partial charge on any atom is 0.259 e. The van der Waals surface area contributed by atoms with Crippen LogP contribution >= 0.6 is 11.8 Å². The largest absolute Gasteiger partial charge is 0.321 e. The lowest BCUT2D eigenvalue weighted by Crippen LogP contribution is -2.13. The molecule has 0 aliphatic rings. The second-order valence-electron chi connectivity index (χ2n) is 4.14. The normalized spacial score (nSPS) is 10.5. The van der Waals surface area contributed by atoms with Gasteiger partial charge in [0.25, 0.3) is 5.91 Å². The van der Waals surface area contributed by atoms with Crippen molar-refractivity contribution in [1.29, 1.82) is 0 Å². The van der Waals surface area contributed by atoms with Crippen LogP contribution in [0.25, 0.3) is 0 Å². The predicted octanol–water partition coefficient (Wildman–Crippen LogP) is 3.19. The van der Waals surface area contributed by atoms with E-state index < -0.39 is 0 Å². The van der Waals surface area contributed by atoms with E-state index in [9.17, 15) is 4.79 Å². The Kier molecular flexibility index (Phi) is 4.27. The highest BCUT2D eigenvalue weighted by atomic mass is 32.2. The summed E-state index contributed by atoms with van der Waals surface area (Å²) in [6.07, 6.45) is 3.78.